The Labute approximate surface area is 173 Å². The van der Waals surface area contributed by atoms with Crippen LogP contribution in [0.2, 0.25) is 5.02 Å². The second-order valence-corrected chi connectivity index (χ2v) is 8.74. The summed E-state index contributed by atoms with van der Waals surface area (Å²) in [4.78, 5) is 16.6. The molecule has 1 unspecified atom stereocenters. The van der Waals surface area contributed by atoms with E-state index in [2.05, 4.69) is 39.8 Å². The number of halogens is 1. The van der Waals surface area contributed by atoms with E-state index in [1.54, 1.807) is 11.3 Å². The zero-order chi connectivity index (χ0) is 19.1. The summed E-state index contributed by atoms with van der Waals surface area (Å²) in [5.41, 5.74) is 4.23. The molecule has 2 aliphatic heterocycles. The van der Waals surface area contributed by atoms with Gasteiger partial charge in [0.05, 0.1) is 5.56 Å². The van der Waals surface area contributed by atoms with Gasteiger partial charge in [0.25, 0.3) is 5.91 Å². The number of anilines is 1. The number of hydrogen-bond acceptors (Lipinski definition) is 4. The van der Waals surface area contributed by atoms with E-state index in [4.69, 9.17) is 11.6 Å². The Morgan fingerprint density at radius 2 is 1.86 bits per heavy atom. The van der Waals surface area contributed by atoms with Crippen molar-refractivity contribution in [1.29, 1.82) is 0 Å². The third-order valence-corrected chi connectivity index (χ3v) is 6.87. The van der Waals surface area contributed by atoms with E-state index in [0.29, 0.717) is 5.02 Å². The predicted octanol–water partition coefficient (Wildman–Crippen LogP) is 4.81. The van der Waals surface area contributed by atoms with Crippen LogP contribution in [0.25, 0.3) is 0 Å². The molecule has 3 aromatic rings. The Bertz CT molecular complexity index is 1030. The zero-order valence-corrected chi connectivity index (χ0v) is 16.8. The van der Waals surface area contributed by atoms with Crippen LogP contribution in [0.3, 0.4) is 0 Å². The van der Waals surface area contributed by atoms with Gasteiger partial charge in [0.1, 0.15) is 11.2 Å². The molecule has 1 aromatic heterocycles. The number of amides is 1. The Morgan fingerprint density at radius 3 is 2.68 bits per heavy atom. The fraction of sp³-hybridized carbons (Fsp3) is 0.227. The van der Waals surface area contributed by atoms with Crippen LogP contribution in [0.1, 0.15) is 38.1 Å². The number of carbonyl (C=O) groups excluding carboxylic acids is 1. The van der Waals surface area contributed by atoms with Crippen LogP contribution in [-0.4, -0.2) is 17.4 Å². The van der Waals surface area contributed by atoms with Crippen molar-refractivity contribution in [3.8, 4) is 0 Å². The number of hydrogen-bond donors (Lipinski definition) is 2. The highest BCUT2D eigenvalue weighted by Gasteiger charge is 2.33. The maximum Gasteiger partial charge on any atom is 0.256 e. The first-order valence-electron chi connectivity index (χ1n) is 9.41. The monoisotopic (exact) mass is 409 g/mol. The summed E-state index contributed by atoms with van der Waals surface area (Å²) in [6.07, 6.45) is 0.606. The molecule has 5 rings (SSSR count). The topological polar surface area (TPSA) is 44.4 Å². The van der Waals surface area contributed by atoms with E-state index in [-0.39, 0.29) is 12.1 Å². The smallest absolute Gasteiger partial charge is 0.256 e. The molecule has 28 heavy (non-hydrogen) atoms. The summed E-state index contributed by atoms with van der Waals surface area (Å²) < 4.78 is 0. The highest BCUT2D eigenvalue weighted by Crippen LogP contribution is 2.41. The van der Waals surface area contributed by atoms with Crippen LogP contribution < -0.4 is 10.6 Å². The van der Waals surface area contributed by atoms with Crippen LogP contribution in [0.5, 0.6) is 0 Å². The van der Waals surface area contributed by atoms with E-state index in [0.717, 1.165) is 42.2 Å². The molecule has 0 saturated heterocycles. The fourth-order valence-corrected chi connectivity index (χ4v) is 5.57. The summed E-state index contributed by atoms with van der Waals surface area (Å²) in [6.45, 7) is 2.78. The summed E-state index contributed by atoms with van der Waals surface area (Å²) in [7, 11) is 0. The lowest BCUT2D eigenvalue weighted by Crippen LogP contribution is -2.39. The van der Waals surface area contributed by atoms with Crippen molar-refractivity contribution in [2.75, 3.05) is 11.9 Å². The van der Waals surface area contributed by atoms with Gasteiger partial charge >= 0.3 is 0 Å². The molecule has 0 spiro atoms. The largest absolute Gasteiger partial charge is 0.353 e. The van der Waals surface area contributed by atoms with Gasteiger partial charge in [-0.3, -0.25) is 9.69 Å². The Morgan fingerprint density at radius 1 is 1.07 bits per heavy atom. The van der Waals surface area contributed by atoms with Gasteiger partial charge < -0.3 is 10.6 Å². The number of rotatable bonds is 3. The molecule has 142 valence electrons. The van der Waals surface area contributed by atoms with E-state index >= 15 is 0 Å². The molecule has 3 heterocycles. The normalized spacial score (nSPS) is 18.8. The van der Waals surface area contributed by atoms with Crippen molar-refractivity contribution >= 4 is 33.8 Å². The highest BCUT2D eigenvalue weighted by atomic mass is 35.5. The van der Waals surface area contributed by atoms with Gasteiger partial charge in [0, 0.05) is 35.1 Å². The maximum absolute atomic E-state index is 12.9. The number of benzene rings is 2. The second-order valence-electron chi connectivity index (χ2n) is 7.23. The third kappa shape index (κ3) is 3.20. The lowest BCUT2D eigenvalue weighted by atomic mass is 10.00. The SMILES string of the molecule is O=C1NC(c2ccccc2Cl)Nc2sc3c(c21)CCN(Cc1ccccc1)C3. The molecule has 0 fully saturated rings. The number of carbonyl (C=O) groups is 1. The molecule has 2 aromatic carbocycles. The van der Waals surface area contributed by atoms with Crippen molar-refractivity contribution < 1.29 is 4.79 Å². The number of nitrogens with zero attached hydrogens (tertiary/aromatic N) is 1. The highest BCUT2D eigenvalue weighted by molar-refractivity contribution is 7.16. The van der Waals surface area contributed by atoms with Crippen molar-refractivity contribution in [3.63, 3.8) is 0 Å². The van der Waals surface area contributed by atoms with E-state index in [1.807, 2.05) is 30.3 Å². The summed E-state index contributed by atoms with van der Waals surface area (Å²) >= 11 is 8.04. The molecule has 4 nitrogen and oxygen atoms in total. The van der Waals surface area contributed by atoms with Crippen LogP contribution in [0, 0.1) is 0 Å². The lowest BCUT2D eigenvalue weighted by Gasteiger charge is -2.29. The molecule has 2 N–H and O–H groups in total. The number of fused-ring (bicyclic) bond motifs is 3. The van der Waals surface area contributed by atoms with Crippen molar-refractivity contribution in [1.82, 2.24) is 10.2 Å². The Balaban J connectivity index is 1.40. The average Bonchev–Trinajstić information content (AvgIpc) is 3.07. The lowest BCUT2D eigenvalue weighted by molar-refractivity contribution is 0.0934. The fourth-order valence-electron chi connectivity index (χ4n) is 4.01. The first-order chi connectivity index (χ1) is 13.7. The van der Waals surface area contributed by atoms with E-state index in [1.165, 1.54) is 16.0 Å². The van der Waals surface area contributed by atoms with Gasteiger partial charge in [-0.1, -0.05) is 60.1 Å². The second kappa shape index (κ2) is 7.24. The van der Waals surface area contributed by atoms with Crippen LogP contribution in [0.15, 0.2) is 54.6 Å². The van der Waals surface area contributed by atoms with Crippen molar-refractivity contribution in [2.45, 2.75) is 25.7 Å². The van der Waals surface area contributed by atoms with Crippen molar-refractivity contribution in [2.24, 2.45) is 0 Å². The van der Waals surface area contributed by atoms with Crippen LogP contribution in [0.4, 0.5) is 5.00 Å². The molecule has 0 bridgehead atoms. The molecule has 1 atom stereocenters. The minimum atomic E-state index is -0.297. The third-order valence-electron chi connectivity index (χ3n) is 5.38. The minimum absolute atomic E-state index is 0.00678. The Hall–Kier alpha value is -2.34. The molecule has 6 heteroatoms. The van der Waals surface area contributed by atoms with Gasteiger partial charge in [0.2, 0.25) is 0 Å². The molecular weight excluding hydrogens is 390 g/mol. The summed E-state index contributed by atoms with van der Waals surface area (Å²) in [5.74, 6) is -0.00678. The first kappa shape index (κ1) is 17.7. The molecule has 0 aliphatic carbocycles. The van der Waals surface area contributed by atoms with Gasteiger partial charge in [-0.25, -0.2) is 0 Å². The van der Waals surface area contributed by atoms with Gasteiger partial charge in [-0.05, 0) is 23.6 Å². The van der Waals surface area contributed by atoms with Gasteiger partial charge in [-0.2, -0.15) is 0 Å². The van der Waals surface area contributed by atoms with E-state index in [9.17, 15) is 4.79 Å². The number of thiophene rings is 1. The molecule has 0 radical (unpaired) electrons. The summed E-state index contributed by atoms with van der Waals surface area (Å²) in [6, 6.07) is 18.2. The molecule has 0 saturated carbocycles. The quantitative estimate of drug-likeness (QED) is 0.652. The summed E-state index contributed by atoms with van der Waals surface area (Å²) in [5, 5.41) is 8.18. The van der Waals surface area contributed by atoms with Gasteiger partial charge in [-0.15, -0.1) is 11.3 Å². The first-order valence-corrected chi connectivity index (χ1v) is 10.6. The van der Waals surface area contributed by atoms with Crippen molar-refractivity contribution in [3.05, 3.63) is 86.8 Å². The molecule has 2 aliphatic rings. The maximum atomic E-state index is 12.9. The zero-order valence-electron chi connectivity index (χ0n) is 15.2. The molecule has 1 amide bonds. The molecular formula is C22H20ClN3OS. The van der Waals surface area contributed by atoms with E-state index < -0.39 is 0 Å². The number of nitrogens with one attached hydrogen (secondary N) is 2. The van der Waals surface area contributed by atoms with Gasteiger partial charge in [0.15, 0.2) is 0 Å². The van der Waals surface area contributed by atoms with Crippen LogP contribution >= 0.6 is 22.9 Å². The minimum Gasteiger partial charge on any atom is -0.353 e. The van der Waals surface area contributed by atoms with Crippen LogP contribution in [-0.2, 0) is 19.5 Å². The predicted molar refractivity (Wildman–Crippen MR) is 114 cm³/mol. The Kier molecular flexibility index (Phi) is 4.59. The average molecular weight is 410 g/mol. The standard InChI is InChI=1S/C22H20ClN3OS/c23-17-9-5-4-8-15(17)20-24-21(27)19-16-10-11-26(12-14-6-2-1-3-7-14)13-18(16)28-22(19)25-20/h1-9,20,25H,10-13H2,(H,24,27).